The summed E-state index contributed by atoms with van der Waals surface area (Å²) >= 11 is 0. The van der Waals surface area contributed by atoms with Crippen LogP contribution < -0.4 is 10.3 Å². The number of hydrogen-bond donors (Lipinski definition) is 1. The first-order valence-corrected chi connectivity index (χ1v) is 8.49. The minimum Gasteiger partial charge on any atom is -0.497 e. The Bertz CT molecular complexity index is 1210. The molecule has 0 spiro atoms. The first-order valence-electron chi connectivity index (χ1n) is 8.49. The van der Waals surface area contributed by atoms with Crippen molar-refractivity contribution in [3.05, 3.63) is 71.0 Å². The van der Waals surface area contributed by atoms with Crippen molar-refractivity contribution in [3.63, 3.8) is 0 Å². The Balaban J connectivity index is 1.95. The number of carboxylic acid groups (broad SMARTS) is 1. The van der Waals surface area contributed by atoms with Crippen LogP contribution >= 0.6 is 0 Å². The molecule has 0 aliphatic rings. The number of nitrogens with zero attached hydrogens (tertiary/aromatic N) is 4. The van der Waals surface area contributed by atoms with Crippen molar-refractivity contribution in [2.45, 2.75) is 6.54 Å². The van der Waals surface area contributed by atoms with Gasteiger partial charge in [-0.15, -0.1) is 5.10 Å². The lowest BCUT2D eigenvalue weighted by Gasteiger charge is -2.08. The Labute approximate surface area is 159 Å². The van der Waals surface area contributed by atoms with Gasteiger partial charge in [0.1, 0.15) is 17.8 Å². The molecule has 1 N–H and O–H groups in total. The predicted molar refractivity (Wildman–Crippen MR) is 102 cm³/mol. The Kier molecular flexibility index (Phi) is 4.36. The third kappa shape index (κ3) is 3.11. The maximum absolute atomic E-state index is 12.7. The fourth-order valence-corrected chi connectivity index (χ4v) is 2.93. The van der Waals surface area contributed by atoms with Crippen molar-refractivity contribution in [2.24, 2.45) is 0 Å². The second-order valence-corrected chi connectivity index (χ2v) is 6.10. The molecule has 0 bridgehead atoms. The summed E-state index contributed by atoms with van der Waals surface area (Å²) in [5.74, 6) is -0.0490. The maximum atomic E-state index is 12.7. The highest BCUT2D eigenvalue weighted by Gasteiger charge is 2.17. The summed E-state index contributed by atoms with van der Waals surface area (Å²) in [5.41, 5.74) is 1.82. The SMILES string of the molecule is COc1ccc(-c2cc3c(=O)n(CC(=O)O)nc(-c4ccccc4)n3n2)cc1. The number of rotatable bonds is 5. The lowest BCUT2D eigenvalue weighted by molar-refractivity contribution is -0.138. The van der Waals surface area contributed by atoms with E-state index in [0.29, 0.717) is 17.3 Å². The van der Waals surface area contributed by atoms with Crippen LogP contribution in [0.25, 0.3) is 28.2 Å². The lowest BCUT2D eigenvalue weighted by Crippen LogP contribution is -2.29. The van der Waals surface area contributed by atoms with Crippen LogP contribution in [-0.2, 0) is 11.3 Å². The Morgan fingerprint density at radius 3 is 2.39 bits per heavy atom. The highest BCUT2D eigenvalue weighted by molar-refractivity contribution is 5.70. The Morgan fingerprint density at radius 1 is 1.04 bits per heavy atom. The minimum absolute atomic E-state index is 0.251. The fourth-order valence-electron chi connectivity index (χ4n) is 2.93. The van der Waals surface area contributed by atoms with Gasteiger partial charge in [0.25, 0.3) is 5.56 Å². The molecule has 2 aromatic carbocycles. The van der Waals surface area contributed by atoms with Gasteiger partial charge in [0.15, 0.2) is 5.82 Å². The molecule has 0 atom stereocenters. The van der Waals surface area contributed by atoms with Gasteiger partial charge < -0.3 is 9.84 Å². The zero-order chi connectivity index (χ0) is 19.7. The van der Waals surface area contributed by atoms with E-state index in [-0.39, 0.29) is 5.52 Å². The van der Waals surface area contributed by atoms with Crippen molar-refractivity contribution in [1.29, 1.82) is 0 Å². The third-order valence-electron chi connectivity index (χ3n) is 4.28. The fraction of sp³-hybridized carbons (Fsp3) is 0.100. The Morgan fingerprint density at radius 2 is 1.75 bits per heavy atom. The van der Waals surface area contributed by atoms with Gasteiger partial charge in [-0.25, -0.2) is 9.20 Å². The number of carboxylic acids is 1. The van der Waals surface area contributed by atoms with Crippen LogP contribution in [0.2, 0.25) is 0 Å². The van der Waals surface area contributed by atoms with E-state index in [0.717, 1.165) is 15.8 Å². The molecule has 4 rings (SSSR count). The van der Waals surface area contributed by atoms with Crippen molar-refractivity contribution in [2.75, 3.05) is 7.11 Å². The average molecular weight is 376 g/mol. The van der Waals surface area contributed by atoms with Gasteiger partial charge in [-0.05, 0) is 30.3 Å². The number of ether oxygens (including phenoxy) is 1. The molecule has 0 unspecified atom stereocenters. The summed E-state index contributed by atoms with van der Waals surface area (Å²) in [6.07, 6.45) is 0. The van der Waals surface area contributed by atoms with E-state index in [1.165, 1.54) is 4.52 Å². The largest absolute Gasteiger partial charge is 0.497 e. The molecule has 28 heavy (non-hydrogen) atoms. The first-order chi connectivity index (χ1) is 13.6. The van der Waals surface area contributed by atoms with Gasteiger partial charge in [-0.1, -0.05) is 30.3 Å². The van der Waals surface area contributed by atoms with Gasteiger partial charge in [0.05, 0.1) is 12.8 Å². The summed E-state index contributed by atoms with van der Waals surface area (Å²) < 4.78 is 7.57. The molecule has 2 aromatic heterocycles. The smallest absolute Gasteiger partial charge is 0.325 e. The molecule has 8 heteroatoms. The van der Waals surface area contributed by atoms with E-state index in [2.05, 4.69) is 10.2 Å². The molecule has 4 aromatic rings. The van der Waals surface area contributed by atoms with Gasteiger partial charge in [0, 0.05) is 11.1 Å². The second kappa shape index (κ2) is 6.99. The van der Waals surface area contributed by atoms with E-state index in [9.17, 15) is 9.59 Å². The molecule has 0 saturated carbocycles. The van der Waals surface area contributed by atoms with Crippen LogP contribution in [0.4, 0.5) is 0 Å². The summed E-state index contributed by atoms with van der Waals surface area (Å²) in [6, 6.07) is 18.1. The number of fused-ring (bicyclic) bond motifs is 1. The second-order valence-electron chi connectivity index (χ2n) is 6.10. The number of aliphatic carboxylic acids is 1. The van der Waals surface area contributed by atoms with E-state index in [1.807, 2.05) is 42.5 Å². The molecule has 0 aliphatic heterocycles. The van der Waals surface area contributed by atoms with E-state index < -0.39 is 18.1 Å². The number of benzene rings is 2. The summed E-state index contributed by atoms with van der Waals surface area (Å²) in [5, 5.41) is 17.9. The van der Waals surface area contributed by atoms with Crippen LogP contribution in [0.1, 0.15) is 0 Å². The van der Waals surface area contributed by atoms with E-state index >= 15 is 0 Å². The Hall–Kier alpha value is -3.94. The van der Waals surface area contributed by atoms with Crippen molar-refractivity contribution in [1.82, 2.24) is 19.4 Å². The summed E-state index contributed by atoms with van der Waals surface area (Å²) in [6.45, 7) is -0.530. The highest BCUT2D eigenvalue weighted by Crippen LogP contribution is 2.24. The molecular weight excluding hydrogens is 360 g/mol. The average Bonchev–Trinajstić information content (AvgIpc) is 3.16. The van der Waals surface area contributed by atoms with Gasteiger partial charge in [-0.2, -0.15) is 5.10 Å². The first kappa shape index (κ1) is 17.5. The maximum Gasteiger partial charge on any atom is 0.325 e. The normalized spacial score (nSPS) is 10.9. The predicted octanol–water partition coefficient (Wildman–Crippen LogP) is 2.32. The topological polar surface area (TPSA) is 98.7 Å². The number of aromatic nitrogens is 4. The monoisotopic (exact) mass is 376 g/mol. The minimum atomic E-state index is -1.15. The van der Waals surface area contributed by atoms with Crippen molar-refractivity contribution < 1.29 is 14.6 Å². The molecule has 2 heterocycles. The molecular formula is C20H16N4O4. The summed E-state index contributed by atoms with van der Waals surface area (Å²) in [7, 11) is 1.59. The molecule has 0 amide bonds. The molecule has 140 valence electrons. The zero-order valence-electron chi connectivity index (χ0n) is 14.9. The zero-order valence-corrected chi connectivity index (χ0v) is 14.9. The van der Waals surface area contributed by atoms with Gasteiger partial charge >= 0.3 is 5.97 Å². The van der Waals surface area contributed by atoms with E-state index in [4.69, 9.17) is 9.84 Å². The van der Waals surface area contributed by atoms with Gasteiger partial charge in [0.2, 0.25) is 0 Å². The van der Waals surface area contributed by atoms with Crippen LogP contribution in [0.15, 0.2) is 65.5 Å². The highest BCUT2D eigenvalue weighted by atomic mass is 16.5. The van der Waals surface area contributed by atoms with Crippen LogP contribution in [0.5, 0.6) is 5.75 Å². The van der Waals surface area contributed by atoms with Gasteiger partial charge in [-0.3, -0.25) is 9.59 Å². The number of methoxy groups -OCH3 is 1. The molecule has 0 aliphatic carbocycles. The molecule has 0 radical (unpaired) electrons. The molecule has 0 fully saturated rings. The standard InChI is InChI=1S/C20H16N4O4/c1-28-15-9-7-13(8-10-15)16-11-17-20(27)23(12-18(25)26)22-19(24(17)21-16)14-5-3-2-4-6-14/h2-11H,12H2,1H3,(H,25,26). The lowest BCUT2D eigenvalue weighted by atomic mass is 10.1. The summed E-state index contributed by atoms with van der Waals surface area (Å²) in [4.78, 5) is 23.9. The van der Waals surface area contributed by atoms with Crippen molar-refractivity contribution >= 4 is 11.5 Å². The van der Waals surface area contributed by atoms with E-state index in [1.54, 1.807) is 25.3 Å². The molecule has 0 saturated heterocycles. The molecule has 8 nitrogen and oxygen atoms in total. The number of hydrogen-bond acceptors (Lipinski definition) is 5. The number of carbonyl (C=O) groups is 1. The van der Waals surface area contributed by atoms with Crippen molar-refractivity contribution in [3.8, 4) is 28.4 Å². The van der Waals surface area contributed by atoms with Crippen LogP contribution in [-0.4, -0.2) is 37.6 Å². The quantitative estimate of drug-likeness (QED) is 0.574. The van der Waals surface area contributed by atoms with Crippen LogP contribution in [0.3, 0.4) is 0 Å². The third-order valence-corrected chi connectivity index (χ3v) is 4.28. The van der Waals surface area contributed by atoms with Crippen LogP contribution in [0, 0.1) is 0 Å².